The lowest BCUT2D eigenvalue weighted by atomic mass is 10.1. The summed E-state index contributed by atoms with van der Waals surface area (Å²) in [7, 11) is -3.45. The van der Waals surface area contributed by atoms with E-state index in [9.17, 15) is 18.5 Å². The molecule has 0 amide bonds. The molecule has 1 heterocycles. The van der Waals surface area contributed by atoms with Gasteiger partial charge in [-0.2, -0.15) is 0 Å². The van der Waals surface area contributed by atoms with Crippen LogP contribution in [0.15, 0.2) is 23.1 Å². The van der Waals surface area contributed by atoms with E-state index in [4.69, 9.17) is 0 Å². The predicted octanol–water partition coefficient (Wildman–Crippen LogP) is 1.41. The van der Waals surface area contributed by atoms with Gasteiger partial charge in [0.15, 0.2) is 9.84 Å². The minimum absolute atomic E-state index is 0.0419. The first-order chi connectivity index (χ1) is 9.88. The molecule has 1 aromatic carbocycles. The fourth-order valence-corrected chi connectivity index (χ4v) is 3.06. The highest BCUT2D eigenvalue weighted by atomic mass is 32.2. The van der Waals surface area contributed by atoms with E-state index in [0.717, 1.165) is 38.3 Å². The number of sulfone groups is 1. The van der Waals surface area contributed by atoms with E-state index in [-0.39, 0.29) is 10.6 Å². The number of nitrogens with zero attached hydrogens (tertiary/aromatic N) is 1. The Bertz CT molecular complexity index is 624. The van der Waals surface area contributed by atoms with E-state index < -0.39 is 14.8 Å². The summed E-state index contributed by atoms with van der Waals surface area (Å²) >= 11 is 0. The molecular formula is C13H19N3O4S. The van der Waals surface area contributed by atoms with Crippen molar-refractivity contribution < 1.29 is 13.3 Å². The fourth-order valence-electron chi connectivity index (χ4n) is 2.41. The first-order valence-electron chi connectivity index (χ1n) is 6.81. The Morgan fingerprint density at radius 1 is 1.48 bits per heavy atom. The molecule has 0 spiro atoms. The zero-order valence-corrected chi connectivity index (χ0v) is 12.6. The van der Waals surface area contributed by atoms with Crippen molar-refractivity contribution in [1.29, 1.82) is 0 Å². The summed E-state index contributed by atoms with van der Waals surface area (Å²) < 4.78 is 22.9. The maximum absolute atomic E-state index is 11.5. The predicted molar refractivity (Wildman–Crippen MR) is 80.3 cm³/mol. The van der Waals surface area contributed by atoms with Crippen LogP contribution in [0.4, 0.5) is 11.4 Å². The molecular weight excluding hydrogens is 294 g/mol. The minimum atomic E-state index is -3.45. The van der Waals surface area contributed by atoms with Gasteiger partial charge >= 0.3 is 0 Å². The van der Waals surface area contributed by atoms with Crippen molar-refractivity contribution in [3.05, 3.63) is 28.3 Å². The molecule has 1 aliphatic rings. The van der Waals surface area contributed by atoms with Gasteiger partial charge in [-0.25, -0.2) is 8.42 Å². The summed E-state index contributed by atoms with van der Waals surface area (Å²) in [5.74, 6) is 0.590. The van der Waals surface area contributed by atoms with Gasteiger partial charge < -0.3 is 10.6 Å². The quantitative estimate of drug-likeness (QED) is 0.608. The molecule has 1 aliphatic heterocycles. The molecule has 7 nitrogen and oxygen atoms in total. The van der Waals surface area contributed by atoms with E-state index >= 15 is 0 Å². The van der Waals surface area contributed by atoms with Crippen LogP contribution in [0.1, 0.15) is 12.8 Å². The summed E-state index contributed by atoms with van der Waals surface area (Å²) in [6, 6.07) is 3.96. The third kappa shape index (κ3) is 4.15. The Balaban J connectivity index is 2.09. The molecule has 2 rings (SSSR count). The maximum atomic E-state index is 11.5. The van der Waals surface area contributed by atoms with E-state index in [0.29, 0.717) is 18.2 Å². The van der Waals surface area contributed by atoms with Crippen LogP contribution in [0.2, 0.25) is 0 Å². The van der Waals surface area contributed by atoms with E-state index in [1.54, 1.807) is 0 Å². The summed E-state index contributed by atoms with van der Waals surface area (Å²) in [4.78, 5) is 10.5. The van der Waals surface area contributed by atoms with Gasteiger partial charge in [-0.05, 0) is 44.0 Å². The highest BCUT2D eigenvalue weighted by Gasteiger charge is 2.19. The van der Waals surface area contributed by atoms with Gasteiger partial charge in [0.1, 0.15) is 5.69 Å². The molecule has 1 atom stereocenters. The normalized spacial score (nSPS) is 18.6. The summed E-state index contributed by atoms with van der Waals surface area (Å²) in [5.41, 5.74) is 0.154. The maximum Gasteiger partial charge on any atom is 0.293 e. The van der Waals surface area contributed by atoms with Crippen LogP contribution in [0.5, 0.6) is 0 Å². The van der Waals surface area contributed by atoms with Crippen molar-refractivity contribution in [3.8, 4) is 0 Å². The second kappa shape index (κ2) is 6.40. The Morgan fingerprint density at radius 2 is 2.24 bits per heavy atom. The van der Waals surface area contributed by atoms with Crippen LogP contribution in [0, 0.1) is 16.0 Å². The Hall–Kier alpha value is -1.67. The third-order valence-corrected chi connectivity index (χ3v) is 4.73. The molecule has 0 saturated carbocycles. The molecule has 1 fully saturated rings. The van der Waals surface area contributed by atoms with Gasteiger partial charge in [-0.15, -0.1) is 0 Å². The Labute approximate surface area is 123 Å². The Kier molecular flexibility index (Phi) is 4.79. The summed E-state index contributed by atoms with van der Waals surface area (Å²) in [6.45, 7) is 2.63. The largest absolute Gasteiger partial charge is 0.379 e. The molecule has 21 heavy (non-hydrogen) atoms. The number of rotatable bonds is 6. The van der Waals surface area contributed by atoms with Crippen molar-refractivity contribution >= 4 is 21.2 Å². The standard InChI is InChI=1S/C13H19N3O4S/c1-21(19,20)11-2-3-12(13(8-11)16(17)18)15-7-5-10-4-6-14-9-10/h2-3,8,10,14-15H,4-7,9H2,1H3. The SMILES string of the molecule is CS(=O)(=O)c1ccc(NCCC2CCNC2)c([N+](=O)[O-])c1. The topological polar surface area (TPSA) is 101 Å². The van der Waals surface area contributed by atoms with Crippen molar-refractivity contribution in [2.45, 2.75) is 17.7 Å². The molecule has 1 unspecified atom stereocenters. The highest BCUT2D eigenvalue weighted by molar-refractivity contribution is 7.90. The van der Waals surface area contributed by atoms with Crippen molar-refractivity contribution in [3.63, 3.8) is 0 Å². The summed E-state index contributed by atoms with van der Waals surface area (Å²) in [5, 5.41) is 17.4. The number of nitrogens with one attached hydrogen (secondary N) is 2. The second-order valence-corrected chi connectivity index (χ2v) is 7.30. The van der Waals surface area contributed by atoms with Gasteiger partial charge in [0, 0.05) is 18.9 Å². The van der Waals surface area contributed by atoms with Crippen LogP contribution >= 0.6 is 0 Å². The molecule has 0 bridgehead atoms. The zero-order chi connectivity index (χ0) is 15.5. The first kappa shape index (κ1) is 15.7. The second-order valence-electron chi connectivity index (χ2n) is 5.28. The fraction of sp³-hybridized carbons (Fsp3) is 0.538. The number of anilines is 1. The minimum Gasteiger partial charge on any atom is -0.379 e. The molecule has 2 N–H and O–H groups in total. The highest BCUT2D eigenvalue weighted by Crippen LogP contribution is 2.27. The van der Waals surface area contributed by atoms with Gasteiger partial charge in [-0.1, -0.05) is 0 Å². The molecule has 1 saturated heterocycles. The lowest BCUT2D eigenvalue weighted by Crippen LogP contribution is -2.13. The average Bonchev–Trinajstić information content (AvgIpc) is 2.90. The number of hydrogen-bond donors (Lipinski definition) is 2. The zero-order valence-electron chi connectivity index (χ0n) is 11.8. The molecule has 1 aromatic rings. The van der Waals surface area contributed by atoms with E-state index in [2.05, 4.69) is 10.6 Å². The molecule has 0 aliphatic carbocycles. The average molecular weight is 313 g/mol. The van der Waals surface area contributed by atoms with Crippen molar-refractivity contribution in [2.75, 3.05) is 31.2 Å². The van der Waals surface area contributed by atoms with Crippen LogP contribution in [0.25, 0.3) is 0 Å². The monoisotopic (exact) mass is 313 g/mol. The Morgan fingerprint density at radius 3 is 2.81 bits per heavy atom. The molecule has 116 valence electrons. The van der Waals surface area contributed by atoms with Crippen molar-refractivity contribution in [2.24, 2.45) is 5.92 Å². The van der Waals surface area contributed by atoms with Crippen molar-refractivity contribution in [1.82, 2.24) is 5.32 Å². The number of nitro benzene ring substituents is 1. The summed E-state index contributed by atoms with van der Waals surface area (Å²) in [6.07, 6.45) is 3.08. The van der Waals surface area contributed by atoms with Crippen LogP contribution in [-0.4, -0.2) is 39.2 Å². The van der Waals surface area contributed by atoms with Gasteiger partial charge in [0.25, 0.3) is 5.69 Å². The van der Waals surface area contributed by atoms with Gasteiger partial charge in [-0.3, -0.25) is 10.1 Å². The van der Waals surface area contributed by atoms with E-state index in [1.165, 1.54) is 12.1 Å². The number of nitro groups is 1. The number of benzene rings is 1. The van der Waals surface area contributed by atoms with Crippen LogP contribution in [-0.2, 0) is 9.84 Å². The lowest BCUT2D eigenvalue weighted by Gasteiger charge is -2.11. The lowest BCUT2D eigenvalue weighted by molar-refractivity contribution is -0.384. The first-order valence-corrected chi connectivity index (χ1v) is 8.70. The molecule has 0 radical (unpaired) electrons. The third-order valence-electron chi connectivity index (χ3n) is 3.62. The van der Waals surface area contributed by atoms with Crippen LogP contribution in [0.3, 0.4) is 0 Å². The number of hydrogen-bond acceptors (Lipinski definition) is 6. The smallest absolute Gasteiger partial charge is 0.293 e. The van der Waals surface area contributed by atoms with Gasteiger partial charge in [0.2, 0.25) is 0 Å². The molecule has 8 heteroatoms. The molecule has 0 aromatic heterocycles. The van der Waals surface area contributed by atoms with Crippen LogP contribution < -0.4 is 10.6 Å². The van der Waals surface area contributed by atoms with Gasteiger partial charge in [0.05, 0.1) is 9.82 Å². The van der Waals surface area contributed by atoms with E-state index in [1.807, 2.05) is 0 Å².